The van der Waals surface area contributed by atoms with Crippen LogP contribution < -0.4 is 11.2 Å². The fourth-order valence-electron chi connectivity index (χ4n) is 2.40. The number of nitrogens with zero attached hydrogens (tertiary/aromatic N) is 1. The van der Waals surface area contributed by atoms with Crippen LogP contribution in [0.25, 0.3) is 0 Å². The Morgan fingerprint density at radius 3 is 2.67 bits per heavy atom. The van der Waals surface area contributed by atoms with E-state index in [2.05, 4.69) is 4.98 Å². The summed E-state index contributed by atoms with van der Waals surface area (Å²) in [5.41, 5.74) is -1.46. The summed E-state index contributed by atoms with van der Waals surface area (Å²) < 4.78 is 17.7. The predicted molar refractivity (Wildman–Crippen MR) is 83.9 cm³/mol. The molecule has 4 atom stereocenters. The molecule has 1 saturated heterocycles. The molecule has 2 rings (SSSR count). The average Bonchev–Trinajstić information content (AvgIpc) is 2.85. The van der Waals surface area contributed by atoms with Crippen LogP contribution in [0.2, 0.25) is 0 Å². The quantitative estimate of drug-likeness (QED) is 0.599. The highest BCUT2D eigenvalue weighted by atomic mass is 16.6. The average molecular weight is 344 g/mol. The van der Waals surface area contributed by atoms with Gasteiger partial charge in [0.1, 0.15) is 18.3 Å². The van der Waals surface area contributed by atoms with Crippen molar-refractivity contribution in [1.29, 1.82) is 0 Å². The number of aromatic amines is 1. The van der Waals surface area contributed by atoms with E-state index in [1.165, 1.54) is 13.3 Å². The van der Waals surface area contributed by atoms with E-state index in [0.717, 1.165) is 4.57 Å². The number of aliphatic hydroxyl groups is 2. The maximum absolute atomic E-state index is 12.1. The lowest BCUT2D eigenvalue weighted by Gasteiger charge is -2.28. The van der Waals surface area contributed by atoms with E-state index in [0.29, 0.717) is 5.56 Å². The first-order valence-corrected chi connectivity index (χ1v) is 7.63. The number of aliphatic hydroxyl groups excluding tert-OH is 2. The molecule has 0 radical (unpaired) electrons. The van der Waals surface area contributed by atoms with Crippen molar-refractivity contribution >= 4 is 0 Å². The third kappa shape index (κ3) is 3.76. The molecule has 0 spiro atoms. The fraction of sp³-hybridized carbons (Fsp3) is 0.733. The number of methoxy groups -OCH3 is 1. The van der Waals surface area contributed by atoms with Gasteiger partial charge in [0.15, 0.2) is 6.23 Å². The summed E-state index contributed by atoms with van der Waals surface area (Å²) in [5, 5.41) is 19.7. The van der Waals surface area contributed by atoms with Crippen LogP contribution in [0, 0.1) is 6.92 Å². The number of ether oxygens (including phenoxy) is 3. The normalized spacial score (nSPS) is 27.6. The van der Waals surface area contributed by atoms with E-state index >= 15 is 0 Å². The van der Waals surface area contributed by atoms with Crippen molar-refractivity contribution < 1.29 is 24.4 Å². The van der Waals surface area contributed by atoms with E-state index in [9.17, 15) is 19.8 Å². The van der Waals surface area contributed by atoms with Crippen LogP contribution in [-0.2, 0) is 14.2 Å². The fourth-order valence-corrected chi connectivity index (χ4v) is 2.40. The second kappa shape index (κ2) is 7.16. The monoisotopic (exact) mass is 344 g/mol. The van der Waals surface area contributed by atoms with Gasteiger partial charge in [0.25, 0.3) is 5.56 Å². The molecule has 1 aromatic heterocycles. The van der Waals surface area contributed by atoms with Gasteiger partial charge < -0.3 is 24.4 Å². The summed E-state index contributed by atoms with van der Waals surface area (Å²) in [6.45, 7) is 4.88. The molecule has 1 aromatic rings. The first-order chi connectivity index (χ1) is 11.2. The van der Waals surface area contributed by atoms with E-state index in [1.54, 1.807) is 6.92 Å². The van der Waals surface area contributed by atoms with Crippen molar-refractivity contribution in [3.05, 3.63) is 32.6 Å². The van der Waals surface area contributed by atoms with Crippen molar-refractivity contribution in [2.24, 2.45) is 0 Å². The molecule has 0 aromatic carbocycles. The van der Waals surface area contributed by atoms with Gasteiger partial charge in [-0.3, -0.25) is 14.3 Å². The first kappa shape index (κ1) is 18.8. The van der Waals surface area contributed by atoms with Crippen LogP contribution in [-0.4, -0.2) is 64.0 Å². The lowest BCUT2D eigenvalue weighted by molar-refractivity contribution is -0.120. The zero-order valence-corrected chi connectivity index (χ0v) is 14.2. The van der Waals surface area contributed by atoms with Gasteiger partial charge in [-0.2, -0.15) is 0 Å². The summed E-state index contributed by atoms with van der Waals surface area (Å²) in [6.07, 6.45) is -2.57. The van der Waals surface area contributed by atoms with E-state index < -0.39 is 48.0 Å². The minimum atomic E-state index is -1.13. The molecule has 0 saturated carbocycles. The topological polar surface area (TPSA) is 123 Å². The molecule has 136 valence electrons. The molecule has 1 aliphatic heterocycles. The smallest absolute Gasteiger partial charge is 0.330 e. The number of nitrogens with one attached hydrogen (secondary N) is 1. The maximum atomic E-state index is 12.1. The number of H-pyrrole nitrogens is 1. The Balaban J connectivity index is 2.33. The summed E-state index contributed by atoms with van der Waals surface area (Å²) >= 11 is 0. The number of aryl methyl sites for hydroxylation is 1. The third-order valence-corrected chi connectivity index (χ3v) is 4.09. The van der Waals surface area contributed by atoms with Gasteiger partial charge in [-0.05, 0) is 20.8 Å². The van der Waals surface area contributed by atoms with Crippen molar-refractivity contribution in [2.75, 3.05) is 20.3 Å². The van der Waals surface area contributed by atoms with Gasteiger partial charge in [-0.1, -0.05) is 0 Å². The molecular formula is C15H24N2O7. The van der Waals surface area contributed by atoms with Crippen LogP contribution in [0.1, 0.15) is 25.6 Å². The lowest BCUT2D eigenvalue weighted by atomic mass is 10.1. The van der Waals surface area contributed by atoms with E-state index in [1.807, 2.05) is 13.8 Å². The molecule has 3 N–H and O–H groups in total. The third-order valence-electron chi connectivity index (χ3n) is 4.09. The number of rotatable bonds is 6. The second-order valence-corrected chi connectivity index (χ2v) is 6.46. The minimum Gasteiger partial charge on any atom is -0.394 e. The maximum Gasteiger partial charge on any atom is 0.330 e. The Hall–Kier alpha value is -1.52. The van der Waals surface area contributed by atoms with Gasteiger partial charge in [-0.25, -0.2) is 4.79 Å². The Kier molecular flexibility index (Phi) is 5.61. The van der Waals surface area contributed by atoms with Crippen molar-refractivity contribution in [3.8, 4) is 0 Å². The van der Waals surface area contributed by atoms with Gasteiger partial charge in [0.05, 0.1) is 18.8 Å². The number of hydrogen-bond donors (Lipinski definition) is 3. The lowest BCUT2D eigenvalue weighted by Crippen LogP contribution is -2.42. The van der Waals surface area contributed by atoms with Crippen molar-refractivity contribution in [1.82, 2.24) is 9.55 Å². The highest BCUT2D eigenvalue weighted by Gasteiger charge is 2.46. The number of aromatic nitrogens is 2. The molecule has 24 heavy (non-hydrogen) atoms. The summed E-state index contributed by atoms with van der Waals surface area (Å²) in [7, 11) is 1.54. The standard InChI is InChI=1S/C15H24N2O7/c1-8-5-17(14(21)16-12(8)20)13-11(10(19)9(6-18)24-13)23-7-15(2,3)22-4/h5,9-11,13,18-19H,6-7H2,1-4H3,(H,16,20,21)/t9-,10?,11+,13-/m1/s1. The molecule has 9 nitrogen and oxygen atoms in total. The first-order valence-electron chi connectivity index (χ1n) is 7.63. The molecule has 0 bridgehead atoms. The zero-order chi connectivity index (χ0) is 18.1. The molecular weight excluding hydrogens is 320 g/mol. The molecule has 1 aliphatic rings. The van der Waals surface area contributed by atoms with Crippen molar-refractivity contribution in [3.63, 3.8) is 0 Å². The zero-order valence-electron chi connectivity index (χ0n) is 14.2. The Bertz CT molecular complexity index is 681. The van der Waals surface area contributed by atoms with Crippen LogP contribution in [0.15, 0.2) is 15.8 Å². The molecule has 0 amide bonds. The Labute approximate surface area is 138 Å². The van der Waals surface area contributed by atoms with Gasteiger partial charge in [-0.15, -0.1) is 0 Å². The second-order valence-electron chi connectivity index (χ2n) is 6.46. The molecule has 9 heteroatoms. The SMILES string of the molecule is COC(C)(C)CO[C@H]1C(O)[C@@H](CO)O[C@H]1n1cc(C)c(=O)[nH]c1=O. The van der Waals surface area contributed by atoms with E-state index in [4.69, 9.17) is 14.2 Å². The summed E-state index contributed by atoms with van der Waals surface area (Å²) in [5.74, 6) is 0. The summed E-state index contributed by atoms with van der Waals surface area (Å²) in [4.78, 5) is 25.8. The highest BCUT2D eigenvalue weighted by Crippen LogP contribution is 2.31. The molecule has 1 unspecified atom stereocenters. The predicted octanol–water partition coefficient (Wildman–Crippen LogP) is -1.09. The van der Waals surface area contributed by atoms with Crippen LogP contribution in [0.3, 0.4) is 0 Å². The van der Waals surface area contributed by atoms with Gasteiger partial charge >= 0.3 is 5.69 Å². The van der Waals surface area contributed by atoms with Crippen LogP contribution in [0.4, 0.5) is 0 Å². The molecule has 0 aliphatic carbocycles. The Morgan fingerprint density at radius 1 is 1.42 bits per heavy atom. The highest BCUT2D eigenvalue weighted by molar-refractivity contribution is 5.03. The molecule has 2 heterocycles. The van der Waals surface area contributed by atoms with Crippen molar-refractivity contribution in [2.45, 2.75) is 50.9 Å². The van der Waals surface area contributed by atoms with Gasteiger partial charge in [0, 0.05) is 18.9 Å². The van der Waals surface area contributed by atoms with Crippen LogP contribution in [0.5, 0.6) is 0 Å². The van der Waals surface area contributed by atoms with E-state index in [-0.39, 0.29) is 6.61 Å². The largest absolute Gasteiger partial charge is 0.394 e. The van der Waals surface area contributed by atoms with Gasteiger partial charge in [0.2, 0.25) is 0 Å². The number of hydrogen-bond acceptors (Lipinski definition) is 7. The summed E-state index contributed by atoms with van der Waals surface area (Å²) in [6, 6.07) is 0. The molecule has 1 fully saturated rings. The van der Waals surface area contributed by atoms with Crippen LogP contribution >= 0.6 is 0 Å². The minimum absolute atomic E-state index is 0.139. The Morgan fingerprint density at radius 2 is 2.08 bits per heavy atom.